The standard InChI is InChI=1S/C9H15NO.3C4H9.Sn/c1-7-6-8(2,3)10(11)9(7,4)5;3*1-3-4-2;/h6H,1H2,2-5H3;3*1,3-4H2,2H3;. The van der Waals surface area contributed by atoms with E-state index in [1.807, 2.05) is 0 Å². The van der Waals surface area contributed by atoms with Gasteiger partial charge in [-0.2, -0.15) is 0 Å². The molecular formula is C21H42NOSn. The summed E-state index contributed by atoms with van der Waals surface area (Å²) in [6.45, 7) is 15.5. The van der Waals surface area contributed by atoms with Crippen LogP contribution in [-0.2, 0) is 5.21 Å². The molecular weight excluding hydrogens is 401 g/mol. The third-order valence-corrected chi connectivity index (χ3v) is 21.4. The van der Waals surface area contributed by atoms with Gasteiger partial charge in [-0.1, -0.05) is 0 Å². The zero-order valence-electron chi connectivity index (χ0n) is 17.5. The Balaban J connectivity index is 3.08. The summed E-state index contributed by atoms with van der Waals surface area (Å²) in [6, 6.07) is 0. The molecule has 0 aliphatic carbocycles. The van der Waals surface area contributed by atoms with Gasteiger partial charge in [0.15, 0.2) is 0 Å². The molecule has 0 atom stereocenters. The Hall–Kier alpha value is 0.459. The summed E-state index contributed by atoms with van der Waals surface area (Å²) < 4.78 is 5.90. The molecule has 3 heteroatoms. The van der Waals surface area contributed by atoms with Gasteiger partial charge in [-0.3, -0.25) is 0 Å². The number of rotatable bonds is 11. The molecule has 1 aliphatic heterocycles. The van der Waals surface area contributed by atoms with Crippen molar-refractivity contribution in [2.45, 2.75) is 116 Å². The van der Waals surface area contributed by atoms with Crippen molar-refractivity contribution in [1.82, 2.24) is 5.06 Å². The Morgan fingerprint density at radius 1 is 0.875 bits per heavy atom. The van der Waals surface area contributed by atoms with Crippen LogP contribution >= 0.6 is 0 Å². The molecule has 0 saturated carbocycles. The Morgan fingerprint density at radius 2 is 1.29 bits per heavy atom. The van der Waals surface area contributed by atoms with Crippen LogP contribution in [0.15, 0.2) is 11.6 Å². The molecule has 0 unspecified atom stereocenters. The summed E-state index contributed by atoms with van der Waals surface area (Å²) in [5.41, 5.74) is 0.828. The quantitative estimate of drug-likeness (QED) is 0.250. The van der Waals surface area contributed by atoms with Gasteiger partial charge in [-0.15, -0.1) is 0 Å². The van der Waals surface area contributed by atoms with Crippen molar-refractivity contribution in [2.75, 3.05) is 0 Å². The van der Waals surface area contributed by atoms with Crippen molar-refractivity contribution in [1.29, 1.82) is 0 Å². The monoisotopic (exact) mass is 444 g/mol. The molecule has 0 spiro atoms. The molecule has 1 heterocycles. The van der Waals surface area contributed by atoms with Crippen LogP contribution in [0.3, 0.4) is 0 Å². The van der Waals surface area contributed by atoms with Crippen LogP contribution < -0.4 is 0 Å². The molecule has 0 amide bonds. The summed E-state index contributed by atoms with van der Waals surface area (Å²) in [7, 11) is 0. The molecule has 0 aromatic heterocycles. The molecule has 141 valence electrons. The van der Waals surface area contributed by atoms with Gasteiger partial charge in [0.2, 0.25) is 0 Å². The Bertz CT molecular complexity index is 392. The third kappa shape index (κ3) is 5.48. The van der Waals surface area contributed by atoms with Gasteiger partial charge >= 0.3 is 156 Å². The van der Waals surface area contributed by atoms with Gasteiger partial charge in [-0.05, 0) is 0 Å². The van der Waals surface area contributed by atoms with Crippen molar-refractivity contribution < 1.29 is 5.21 Å². The summed E-state index contributed by atoms with van der Waals surface area (Å²) in [6.07, 6.45) is 10.5. The minimum atomic E-state index is -2.23. The van der Waals surface area contributed by atoms with E-state index >= 15 is 0 Å². The van der Waals surface area contributed by atoms with Gasteiger partial charge < -0.3 is 0 Å². The van der Waals surface area contributed by atoms with Crippen LogP contribution in [0.4, 0.5) is 0 Å². The number of hydrogen-bond acceptors (Lipinski definition) is 1. The van der Waals surface area contributed by atoms with Crippen LogP contribution in [0.2, 0.25) is 17.7 Å². The van der Waals surface area contributed by atoms with Gasteiger partial charge in [0.05, 0.1) is 0 Å². The molecule has 0 bridgehead atoms. The van der Waals surface area contributed by atoms with Crippen LogP contribution in [0.1, 0.15) is 87.0 Å². The maximum atomic E-state index is 12.8. The van der Waals surface area contributed by atoms with Crippen molar-refractivity contribution in [3.63, 3.8) is 0 Å². The van der Waals surface area contributed by atoms with E-state index in [1.165, 1.54) is 66.9 Å². The summed E-state index contributed by atoms with van der Waals surface area (Å²) >= 11 is -2.23. The van der Waals surface area contributed by atoms with Crippen molar-refractivity contribution in [3.8, 4) is 0 Å². The van der Waals surface area contributed by atoms with Crippen molar-refractivity contribution in [2.24, 2.45) is 0 Å². The molecule has 0 saturated heterocycles. The number of nitrogens with zero attached hydrogens (tertiary/aromatic N) is 1. The average molecular weight is 443 g/mol. The van der Waals surface area contributed by atoms with Gasteiger partial charge in [-0.25, -0.2) is 0 Å². The van der Waals surface area contributed by atoms with Gasteiger partial charge in [0.1, 0.15) is 0 Å². The topological polar surface area (TPSA) is 23.1 Å². The second-order valence-corrected chi connectivity index (χ2v) is 23.0. The van der Waals surface area contributed by atoms with E-state index in [4.69, 9.17) is 0 Å². The SMILES string of the molecule is CCC[CH2][Sn]([CH2]CCC)([CH2]CCC)[CH2]C1=CC(C)(C)N([O])C1(C)C. The fraction of sp³-hybridized carbons (Fsp3) is 0.905. The maximum absolute atomic E-state index is 12.8. The predicted octanol–water partition coefficient (Wildman–Crippen LogP) is 6.98. The Kier molecular flexibility index (Phi) is 8.82. The van der Waals surface area contributed by atoms with Crippen LogP contribution in [0.5, 0.6) is 0 Å². The zero-order valence-corrected chi connectivity index (χ0v) is 20.4. The van der Waals surface area contributed by atoms with Gasteiger partial charge in [0.25, 0.3) is 0 Å². The first kappa shape index (κ1) is 22.5. The Labute approximate surface area is 155 Å². The molecule has 1 rings (SSSR count). The summed E-state index contributed by atoms with van der Waals surface area (Å²) in [5.74, 6) is 0. The molecule has 1 aliphatic rings. The predicted molar refractivity (Wildman–Crippen MR) is 108 cm³/mol. The third-order valence-electron chi connectivity index (χ3n) is 6.09. The Morgan fingerprint density at radius 3 is 1.58 bits per heavy atom. The fourth-order valence-corrected chi connectivity index (χ4v) is 21.4. The molecule has 0 aromatic carbocycles. The van der Waals surface area contributed by atoms with E-state index in [0.717, 1.165) is 0 Å². The molecule has 0 fully saturated rings. The van der Waals surface area contributed by atoms with Crippen molar-refractivity contribution >= 4 is 18.4 Å². The van der Waals surface area contributed by atoms with Crippen molar-refractivity contribution in [3.05, 3.63) is 11.6 Å². The van der Waals surface area contributed by atoms with E-state index < -0.39 is 18.4 Å². The average Bonchev–Trinajstić information content (AvgIpc) is 2.68. The fourth-order valence-electron chi connectivity index (χ4n) is 4.48. The van der Waals surface area contributed by atoms with Crippen LogP contribution in [0.25, 0.3) is 0 Å². The van der Waals surface area contributed by atoms with E-state index in [9.17, 15) is 5.21 Å². The minimum absolute atomic E-state index is 0.309. The van der Waals surface area contributed by atoms with E-state index in [1.54, 1.807) is 0 Å². The molecule has 0 aromatic rings. The van der Waals surface area contributed by atoms with E-state index in [-0.39, 0.29) is 11.1 Å². The number of hydroxylamine groups is 2. The number of hydrogen-bond donors (Lipinski definition) is 0. The van der Waals surface area contributed by atoms with E-state index in [2.05, 4.69) is 54.5 Å². The normalized spacial score (nSPS) is 20.4. The second-order valence-electron chi connectivity index (χ2n) is 9.16. The van der Waals surface area contributed by atoms with E-state index in [0.29, 0.717) is 0 Å². The first-order chi connectivity index (χ1) is 11.1. The molecule has 2 nitrogen and oxygen atoms in total. The molecule has 1 radical (unpaired) electrons. The molecule has 24 heavy (non-hydrogen) atoms. The summed E-state index contributed by atoms with van der Waals surface area (Å²) in [5, 5.41) is 14.1. The number of unbranched alkanes of at least 4 members (excludes halogenated alkanes) is 3. The second kappa shape index (κ2) is 9.41. The first-order valence-electron chi connectivity index (χ1n) is 10.3. The summed E-state index contributed by atoms with van der Waals surface area (Å²) in [4.78, 5) is 0. The van der Waals surface area contributed by atoms with Gasteiger partial charge in [0, 0.05) is 0 Å². The van der Waals surface area contributed by atoms with Crippen LogP contribution in [0, 0.1) is 0 Å². The zero-order chi connectivity index (χ0) is 18.4. The molecule has 0 N–H and O–H groups in total. The first-order valence-corrected chi connectivity index (χ1v) is 18.4. The van der Waals surface area contributed by atoms with Crippen LogP contribution in [-0.4, -0.2) is 34.5 Å².